The molecule has 0 fully saturated rings. The van der Waals surface area contributed by atoms with Crippen LogP contribution in [-0.4, -0.2) is 11.3 Å². The van der Waals surface area contributed by atoms with Crippen molar-refractivity contribution in [2.45, 2.75) is 33.1 Å². The minimum atomic E-state index is 0.242. The molecule has 0 atom stereocenters. The number of hydrogen-bond donors (Lipinski definition) is 2. The van der Waals surface area contributed by atoms with Crippen molar-refractivity contribution < 1.29 is 5.11 Å². The molecule has 3 rings (SSSR count). The topological polar surface area (TPSA) is 58.6 Å². The maximum absolute atomic E-state index is 9.89. The van der Waals surface area contributed by atoms with Gasteiger partial charge < -0.3 is 10.8 Å². The first-order valence-electron chi connectivity index (χ1n) is 9.41. The van der Waals surface area contributed by atoms with Gasteiger partial charge in [-0.2, -0.15) is 0 Å². The van der Waals surface area contributed by atoms with E-state index in [1.54, 1.807) is 18.3 Å². The molecule has 3 aromatic carbocycles. The third-order valence-corrected chi connectivity index (χ3v) is 4.80. The first kappa shape index (κ1) is 18.7. The molecule has 0 unspecified atom stereocenters. The molecule has 0 aromatic heterocycles. The Bertz CT molecular complexity index is 960. The van der Waals surface area contributed by atoms with E-state index in [1.807, 2.05) is 18.2 Å². The van der Waals surface area contributed by atoms with Crippen molar-refractivity contribution in [3.8, 4) is 5.75 Å². The Morgan fingerprint density at radius 1 is 0.889 bits per heavy atom. The number of anilines is 1. The lowest BCUT2D eigenvalue weighted by atomic mass is 9.98. The van der Waals surface area contributed by atoms with Gasteiger partial charge in [0.05, 0.1) is 5.69 Å². The highest BCUT2D eigenvalue weighted by molar-refractivity contribution is 5.85. The third-order valence-electron chi connectivity index (χ3n) is 4.80. The van der Waals surface area contributed by atoms with Crippen LogP contribution in [-0.2, 0) is 19.3 Å². The van der Waals surface area contributed by atoms with Crippen LogP contribution in [0, 0.1) is 0 Å². The fourth-order valence-electron chi connectivity index (χ4n) is 3.20. The Kier molecular flexibility index (Phi) is 5.92. The summed E-state index contributed by atoms with van der Waals surface area (Å²) in [5, 5.41) is 9.89. The van der Waals surface area contributed by atoms with Crippen molar-refractivity contribution in [1.82, 2.24) is 0 Å². The fraction of sp³-hybridized carbons (Fsp3) is 0.208. The largest absolute Gasteiger partial charge is 0.507 e. The molecule has 3 aromatic rings. The van der Waals surface area contributed by atoms with Crippen molar-refractivity contribution in [2.75, 3.05) is 5.73 Å². The van der Waals surface area contributed by atoms with E-state index in [0.717, 1.165) is 36.2 Å². The predicted octanol–water partition coefficient (Wildman–Crippen LogP) is 5.44. The molecule has 3 nitrogen and oxygen atoms in total. The lowest BCUT2D eigenvalue weighted by Gasteiger charge is -2.10. The molecule has 0 bridgehead atoms. The average molecular weight is 358 g/mol. The summed E-state index contributed by atoms with van der Waals surface area (Å²) in [4.78, 5) is 4.59. The second kappa shape index (κ2) is 8.54. The number of phenolic OH excluding ortho intramolecular Hbond substituents is 1. The standard InChI is InChI=1S/C24H26N2O/c1-3-19-14-17(9-11-22(19)25)13-18-10-12-23(20(4-2)15-18)26-16-21-7-5-6-8-24(21)27/h5-12,14-16,27H,3-4,13,25H2,1-2H3/b26-16+. The van der Waals surface area contributed by atoms with Gasteiger partial charge in [-0.3, -0.25) is 4.99 Å². The van der Waals surface area contributed by atoms with E-state index in [1.165, 1.54) is 22.3 Å². The summed E-state index contributed by atoms with van der Waals surface area (Å²) < 4.78 is 0. The van der Waals surface area contributed by atoms with Crippen LogP contribution < -0.4 is 5.73 Å². The Balaban J connectivity index is 1.83. The summed E-state index contributed by atoms with van der Waals surface area (Å²) in [6.45, 7) is 4.26. The van der Waals surface area contributed by atoms with Crippen LogP contribution >= 0.6 is 0 Å². The summed E-state index contributed by atoms with van der Waals surface area (Å²) in [7, 11) is 0. The number of aromatic hydroxyl groups is 1. The number of aliphatic imine (C=N–C) groups is 1. The maximum Gasteiger partial charge on any atom is 0.124 e. The van der Waals surface area contributed by atoms with Gasteiger partial charge in [-0.05, 0) is 65.8 Å². The number of hydrogen-bond acceptors (Lipinski definition) is 3. The summed E-state index contributed by atoms with van der Waals surface area (Å²) in [5.41, 5.74) is 13.5. The highest BCUT2D eigenvalue weighted by Gasteiger charge is 2.05. The zero-order valence-electron chi connectivity index (χ0n) is 15.9. The maximum atomic E-state index is 9.89. The number of nitrogen functional groups attached to an aromatic ring is 1. The SMILES string of the molecule is CCc1cc(Cc2ccc(/N=C/c3ccccc3O)c(CC)c2)ccc1N. The molecule has 0 amide bonds. The van der Waals surface area contributed by atoms with Crippen LogP contribution in [0.25, 0.3) is 0 Å². The number of benzene rings is 3. The van der Waals surface area contributed by atoms with E-state index in [4.69, 9.17) is 5.73 Å². The minimum absolute atomic E-state index is 0.242. The van der Waals surface area contributed by atoms with E-state index in [2.05, 4.69) is 49.2 Å². The number of nitrogens with two attached hydrogens (primary N) is 1. The summed E-state index contributed by atoms with van der Waals surface area (Å²) >= 11 is 0. The van der Waals surface area contributed by atoms with Gasteiger partial charge in [0.1, 0.15) is 5.75 Å². The van der Waals surface area contributed by atoms with Gasteiger partial charge in [-0.1, -0.05) is 50.2 Å². The van der Waals surface area contributed by atoms with Gasteiger partial charge in [-0.25, -0.2) is 0 Å². The zero-order chi connectivity index (χ0) is 19.2. The number of phenols is 1. The minimum Gasteiger partial charge on any atom is -0.507 e. The molecule has 0 saturated carbocycles. The Morgan fingerprint density at radius 3 is 2.26 bits per heavy atom. The van der Waals surface area contributed by atoms with Crippen molar-refractivity contribution in [3.05, 3.63) is 88.5 Å². The highest BCUT2D eigenvalue weighted by Crippen LogP contribution is 2.25. The molecule has 0 aliphatic carbocycles. The molecule has 0 heterocycles. The van der Waals surface area contributed by atoms with E-state index >= 15 is 0 Å². The van der Waals surface area contributed by atoms with E-state index < -0.39 is 0 Å². The molecule has 3 heteroatoms. The van der Waals surface area contributed by atoms with Crippen molar-refractivity contribution >= 4 is 17.6 Å². The van der Waals surface area contributed by atoms with Gasteiger partial charge in [0.2, 0.25) is 0 Å². The smallest absolute Gasteiger partial charge is 0.124 e. The zero-order valence-corrected chi connectivity index (χ0v) is 15.9. The molecule has 0 aliphatic rings. The predicted molar refractivity (Wildman–Crippen MR) is 114 cm³/mol. The van der Waals surface area contributed by atoms with Crippen molar-refractivity contribution in [2.24, 2.45) is 4.99 Å². The van der Waals surface area contributed by atoms with Crippen LogP contribution in [0.5, 0.6) is 5.75 Å². The van der Waals surface area contributed by atoms with Gasteiger partial charge in [0.15, 0.2) is 0 Å². The van der Waals surface area contributed by atoms with Gasteiger partial charge in [-0.15, -0.1) is 0 Å². The van der Waals surface area contributed by atoms with Gasteiger partial charge in [0.25, 0.3) is 0 Å². The molecule has 138 valence electrons. The van der Waals surface area contributed by atoms with E-state index in [-0.39, 0.29) is 5.75 Å². The quantitative estimate of drug-likeness (QED) is 0.455. The number of para-hydroxylation sites is 1. The summed E-state index contributed by atoms with van der Waals surface area (Å²) in [6, 6.07) is 19.9. The molecule has 0 spiro atoms. The Hall–Kier alpha value is -3.07. The molecule has 27 heavy (non-hydrogen) atoms. The van der Waals surface area contributed by atoms with Crippen LogP contribution in [0.2, 0.25) is 0 Å². The second-order valence-electron chi connectivity index (χ2n) is 6.70. The second-order valence-corrected chi connectivity index (χ2v) is 6.70. The van der Waals surface area contributed by atoms with Gasteiger partial charge >= 0.3 is 0 Å². The van der Waals surface area contributed by atoms with Crippen molar-refractivity contribution in [1.29, 1.82) is 0 Å². The normalized spacial score (nSPS) is 11.2. The summed E-state index contributed by atoms with van der Waals surface area (Å²) in [6.07, 6.45) is 4.45. The monoisotopic (exact) mass is 358 g/mol. The number of aryl methyl sites for hydroxylation is 2. The Labute approximate surface area is 161 Å². The first-order chi connectivity index (χ1) is 13.1. The highest BCUT2D eigenvalue weighted by atomic mass is 16.3. The molecule has 0 radical (unpaired) electrons. The van der Waals surface area contributed by atoms with Crippen LogP contribution in [0.3, 0.4) is 0 Å². The van der Waals surface area contributed by atoms with Crippen LogP contribution in [0.1, 0.15) is 41.7 Å². The van der Waals surface area contributed by atoms with Crippen molar-refractivity contribution in [3.63, 3.8) is 0 Å². The summed E-state index contributed by atoms with van der Waals surface area (Å²) in [5.74, 6) is 0.242. The van der Waals surface area contributed by atoms with E-state index in [0.29, 0.717) is 0 Å². The molecular formula is C24H26N2O. The lowest BCUT2D eigenvalue weighted by Crippen LogP contribution is -1.96. The molecule has 3 N–H and O–H groups in total. The van der Waals surface area contributed by atoms with Gasteiger partial charge in [0, 0.05) is 17.5 Å². The fourth-order valence-corrected chi connectivity index (χ4v) is 3.20. The molecule has 0 saturated heterocycles. The average Bonchev–Trinajstić information content (AvgIpc) is 2.69. The van der Waals surface area contributed by atoms with Crippen LogP contribution in [0.4, 0.5) is 11.4 Å². The Morgan fingerprint density at radius 2 is 1.56 bits per heavy atom. The third kappa shape index (κ3) is 4.56. The first-order valence-corrected chi connectivity index (χ1v) is 9.41. The molecule has 0 aliphatic heterocycles. The molecular weight excluding hydrogens is 332 g/mol. The lowest BCUT2D eigenvalue weighted by molar-refractivity contribution is 0.474. The number of rotatable bonds is 6. The van der Waals surface area contributed by atoms with E-state index in [9.17, 15) is 5.11 Å². The number of nitrogens with zero attached hydrogens (tertiary/aromatic N) is 1. The van der Waals surface area contributed by atoms with Crippen LogP contribution in [0.15, 0.2) is 65.7 Å².